The van der Waals surface area contributed by atoms with Gasteiger partial charge in [-0.05, 0) is 30.7 Å². The van der Waals surface area contributed by atoms with E-state index in [1.807, 2.05) is 6.92 Å². The molecule has 0 aliphatic heterocycles. The monoisotopic (exact) mass is 286 g/mol. The van der Waals surface area contributed by atoms with Gasteiger partial charge in [0, 0.05) is 16.3 Å². The number of pyridine rings is 1. The number of hydrogen-bond acceptors (Lipinski definition) is 3. The number of ether oxygens (including phenoxy) is 1. The van der Waals surface area contributed by atoms with E-state index >= 15 is 0 Å². The molecule has 0 saturated carbocycles. The van der Waals surface area contributed by atoms with Crippen molar-refractivity contribution in [3.63, 3.8) is 0 Å². The van der Waals surface area contributed by atoms with Crippen LogP contribution in [0, 0.1) is 5.82 Å². The van der Waals surface area contributed by atoms with Gasteiger partial charge in [0.1, 0.15) is 11.5 Å². The quantitative estimate of drug-likeness (QED) is 0.586. The topological polar surface area (TPSA) is 55.0 Å². The highest BCUT2D eigenvalue weighted by molar-refractivity contribution is 6.08. The third kappa shape index (κ3) is 2.59. The number of aromatic amines is 1. The Labute approximate surface area is 120 Å². The number of benzene rings is 1. The van der Waals surface area contributed by atoms with Gasteiger partial charge in [0.2, 0.25) is 0 Å². The second-order valence-corrected chi connectivity index (χ2v) is 4.92. The van der Waals surface area contributed by atoms with Gasteiger partial charge in [-0.25, -0.2) is 14.2 Å². The van der Waals surface area contributed by atoms with Gasteiger partial charge >= 0.3 is 5.97 Å². The molecular formula is C16H15FN2O2. The SMILES string of the molecule is CCCCOC(=O)c1cc2c(cn1)[nH]c1ccc(F)cc12. The number of unbranched alkanes of at least 4 members (excludes halogenated alkanes) is 1. The summed E-state index contributed by atoms with van der Waals surface area (Å²) in [4.78, 5) is 19.2. The number of carbonyl (C=O) groups is 1. The summed E-state index contributed by atoms with van der Waals surface area (Å²) >= 11 is 0. The molecule has 3 rings (SSSR count). The lowest BCUT2D eigenvalue weighted by Gasteiger charge is -2.03. The molecule has 0 aliphatic carbocycles. The van der Waals surface area contributed by atoms with Crippen LogP contribution in [-0.4, -0.2) is 22.5 Å². The number of hydrogen-bond donors (Lipinski definition) is 1. The number of halogens is 1. The summed E-state index contributed by atoms with van der Waals surface area (Å²) < 4.78 is 18.5. The van der Waals surface area contributed by atoms with Crippen molar-refractivity contribution in [3.8, 4) is 0 Å². The fraction of sp³-hybridized carbons (Fsp3) is 0.250. The Hall–Kier alpha value is -2.43. The minimum Gasteiger partial charge on any atom is -0.461 e. The van der Waals surface area contributed by atoms with Crippen LogP contribution >= 0.6 is 0 Å². The lowest BCUT2D eigenvalue weighted by molar-refractivity contribution is 0.0493. The van der Waals surface area contributed by atoms with Crippen LogP contribution in [0.5, 0.6) is 0 Å². The van der Waals surface area contributed by atoms with Gasteiger partial charge in [-0.1, -0.05) is 13.3 Å². The molecule has 3 aromatic rings. The van der Waals surface area contributed by atoms with E-state index in [9.17, 15) is 9.18 Å². The summed E-state index contributed by atoms with van der Waals surface area (Å²) in [6, 6.07) is 6.15. The zero-order chi connectivity index (χ0) is 14.8. The maximum absolute atomic E-state index is 13.4. The largest absolute Gasteiger partial charge is 0.461 e. The molecule has 108 valence electrons. The standard InChI is InChI=1S/C16H15FN2O2/c1-2-3-6-21-16(20)14-8-12-11-7-10(17)4-5-13(11)19-15(12)9-18-14/h4-5,7-9,19H,2-3,6H2,1H3. The first-order valence-electron chi connectivity index (χ1n) is 6.93. The van der Waals surface area contributed by atoms with Gasteiger partial charge < -0.3 is 9.72 Å². The minimum absolute atomic E-state index is 0.240. The van der Waals surface area contributed by atoms with Crippen molar-refractivity contribution >= 4 is 27.8 Å². The molecule has 21 heavy (non-hydrogen) atoms. The van der Waals surface area contributed by atoms with Crippen molar-refractivity contribution in [2.45, 2.75) is 19.8 Å². The maximum atomic E-state index is 13.4. The first-order chi connectivity index (χ1) is 10.2. The van der Waals surface area contributed by atoms with Gasteiger partial charge in [0.15, 0.2) is 0 Å². The van der Waals surface area contributed by atoms with E-state index < -0.39 is 5.97 Å². The van der Waals surface area contributed by atoms with E-state index in [2.05, 4.69) is 9.97 Å². The van der Waals surface area contributed by atoms with Gasteiger partial charge in [-0.2, -0.15) is 0 Å². The Morgan fingerprint density at radius 1 is 1.29 bits per heavy atom. The number of fused-ring (bicyclic) bond motifs is 3. The third-order valence-electron chi connectivity index (χ3n) is 3.39. The molecule has 0 radical (unpaired) electrons. The molecule has 0 bridgehead atoms. The number of nitrogens with one attached hydrogen (secondary N) is 1. The van der Waals surface area contributed by atoms with Gasteiger partial charge in [0.05, 0.1) is 18.3 Å². The van der Waals surface area contributed by atoms with Crippen LogP contribution < -0.4 is 0 Å². The van der Waals surface area contributed by atoms with Crippen LogP contribution in [0.2, 0.25) is 0 Å². The van der Waals surface area contributed by atoms with E-state index in [1.54, 1.807) is 18.3 Å². The van der Waals surface area contributed by atoms with Crippen LogP contribution in [0.25, 0.3) is 21.8 Å². The molecule has 4 nitrogen and oxygen atoms in total. The summed E-state index contributed by atoms with van der Waals surface area (Å²) in [6.07, 6.45) is 3.36. The minimum atomic E-state index is -0.448. The Morgan fingerprint density at radius 3 is 2.90 bits per heavy atom. The summed E-state index contributed by atoms with van der Waals surface area (Å²) in [5.74, 6) is -0.761. The fourth-order valence-corrected chi connectivity index (χ4v) is 2.27. The van der Waals surface area contributed by atoms with Crippen molar-refractivity contribution in [1.82, 2.24) is 9.97 Å². The summed E-state index contributed by atoms with van der Waals surface area (Å²) in [5, 5.41) is 1.50. The molecule has 0 amide bonds. The van der Waals surface area contributed by atoms with Crippen molar-refractivity contribution < 1.29 is 13.9 Å². The van der Waals surface area contributed by atoms with E-state index in [0.717, 1.165) is 34.6 Å². The van der Waals surface area contributed by atoms with Crippen molar-refractivity contribution in [1.29, 1.82) is 0 Å². The molecule has 1 aromatic carbocycles. The van der Waals surface area contributed by atoms with Crippen molar-refractivity contribution in [3.05, 3.63) is 42.0 Å². The molecule has 2 aromatic heterocycles. The number of H-pyrrole nitrogens is 1. The third-order valence-corrected chi connectivity index (χ3v) is 3.39. The number of aromatic nitrogens is 2. The number of carbonyl (C=O) groups excluding carboxylic acids is 1. The molecule has 0 spiro atoms. The Balaban J connectivity index is 2.00. The van der Waals surface area contributed by atoms with Crippen molar-refractivity contribution in [2.24, 2.45) is 0 Å². The highest BCUT2D eigenvalue weighted by Crippen LogP contribution is 2.26. The predicted octanol–water partition coefficient (Wildman–Crippen LogP) is 3.81. The lowest BCUT2D eigenvalue weighted by atomic mass is 10.1. The normalized spacial score (nSPS) is 11.1. The zero-order valence-electron chi connectivity index (χ0n) is 11.6. The Kier molecular flexibility index (Phi) is 3.56. The molecule has 0 unspecified atom stereocenters. The van der Waals surface area contributed by atoms with Gasteiger partial charge in [-0.3, -0.25) is 0 Å². The molecule has 0 saturated heterocycles. The average molecular weight is 286 g/mol. The highest BCUT2D eigenvalue weighted by Gasteiger charge is 2.12. The zero-order valence-corrected chi connectivity index (χ0v) is 11.6. The smallest absolute Gasteiger partial charge is 0.356 e. The van der Waals surface area contributed by atoms with Crippen LogP contribution in [0.1, 0.15) is 30.3 Å². The first kappa shape index (κ1) is 13.5. The fourth-order valence-electron chi connectivity index (χ4n) is 2.27. The second-order valence-electron chi connectivity index (χ2n) is 4.92. The average Bonchev–Trinajstić information content (AvgIpc) is 2.84. The molecular weight excluding hydrogens is 271 g/mol. The molecule has 5 heteroatoms. The highest BCUT2D eigenvalue weighted by atomic mass is 19.1. The van der Waals surface area contributed by atoms with E-state index in [4.69, 9.17) is 4.74 Å². The molecule has 1 N–H and O–H groups in total. The van der Waals surface area contributed by atoms with Crippen LogP contribution in [0.3, 0.4) is 0 Å². The molecule has 0 atom stereocenters. The summed E-state index contributed by atoms with van der Waals surface area (Å²) in [6.45, 7) is 2.41. The molecule has 0 aliphatic rings. The van der Waals surface area contributed by atoms with E-state index in [0.29, 0.717) is 6.61 Å². The Morgan fingerprint density at radius 2 is 2.10 bits per heavy atom. The van der Waals surface area contributed by atoms with Crippen LogP contribution in [0.4, 0.5) is 4.39 Å². The van der Waals surface area contributed by atoms with E-state index in [-0.39, 0.29) is 11.5 Å². The summed E-state index contributed by atoms with van der Waals surface area (Å²) in [5.41, 5.74) is 1.81. The number of esters is 1. The van der Waals surface area contributed by atoms with Crippen molar-refractivity contribution in [2.75, 3.05) is 6.61 Å². The van der Waals surface area contributed by atoms with E-state index in [1.165, 1.54) is 12.1 Å². The number of nitrogens with zero attached hydrogens (tertiary/aromatic N) is 1. The van der Waals surface area contributed by atoms with Crippen LogP contribution in [-0.2, 0) is 4.74 Å². The Bertz CT molecular complexity index is 810. The number of rotatable bonds is 4. The summed E-state index contributed by atoms with van der Waals surface area (Å²) in [7, 11) is 0. The van der Waals surface area contributed by atoms with Gasteiger partial charge in [-0.15, -0.1) is 0 Å². The first-order valence-corrected chi connectivity index (χ1v) is 6.93. The second kappa shape index (κ2) is 5.52. The van der Waals surface area contributed by atoms with Crippen LogP contribution in [0.15, 0.2) is 30.5 Å². The lowest BCUT2D eigenvalue weighted by Crippen LogP contribution is -2.08. The maximum Gasteiger partial charge on any atom is 0.356 e. The molecule has 0 fully saturated rings. The predicted molar refractivity (Wildman–Crippen MR) is 78.7 cm³/mol. The molecule has 2 heterocycles. The van der Waals surface area contributed by atoms with Gasteiger partial charge in [0.25, 0.3) is 0 Å².